The Morgan fingerprint density at radius 1 is 1.19 bits per heavy atom. The van der Waals surface area contributed by atoms with Crippen LogP contribution in [0.2, 0.25) is 0 Å². The van der Waals surface area contributed by atoms with E-state index in [0.29, 0.717) is 30.9 Å². The molecule has 6 nitrogen and oxygen atoms in total. The maximum atomic E-state index is 12.8. The van der Waals surface area contributed by atoms with Gasteiger partial charge in [-0.25, -0.2) is 0 Å². The third-order valence-electron chi connectivity index (χ3n) is 4.45. The van der Waals surface area contributed by atoms with Crippen molar-refractivity contribution >= 4 is 5.91 Å². The summed E-state index contributed by atoms with van der Waals surface area (Å²) in [5, 5.41) is 13.9. The molecule has 0 spiro atoms. The van der Waals surface area contributed by atoms with Gasteiger partial charge in [0.1, 0.15) is 0 Å². The van der Waals surface area contributed by atoms with Gasteiger partial charge in [0.2, 0.25) is 0 Å². The molecule has 27 heavy (non-hydrogen) atoms. The van der Waals surface area contributed by atoms with Gasteiger partial charge in [-0.3, -0.25) is 14.5 Å². The van der Waals surface area contributed by atoms with E-state index < -0.39 is 6.10 Å². The first kappa shape index (κ1) is 18.8. The average molecular weight is 364 g/mol. The minimum Gasteiger partial charge on any atom is -0.387 e. The highest BCUT2D eigenvalue weighted by Crippen LogP contribution is 2.20. The maximum Gasteiger partial charge on any atom is 0.253 e. The van der Waals surface area contributed by atoms with Crippen LogP contribution in [-0.4, -0.2) is 43.8 Å². The number of rotatable bonds is 7. The smallest absolute Gasteiger partial charge is 0.253 e. The molecule has 2 aromatic heterocycles. The van der Waals surface area contributed by atoms with E-state index in [9.17, 15) is 9.90 Å². The summed E-state index contributed by atoms with van der Waals surface area (Å²) >= 11 is 0. The zero-order chi connectivity index (χ0) is 19.2. The molecule has 1 atom stereocenters. The standard InChI is InChI=1S/C21H24N4O2/c1-3-24(14-15-25-13-5-12-22-25)21(27)18-10-8-17(9-11-18)20-7-4-6-19(23-20)16(2)26/h4-13,16,26H,3,14-15H2,1-2H3/t16-/m0/s1. The van der Waals surface area contributed by atoms with Crippen molar-refractivity contribution in [3.63, 3.8) is 0 Å². The Bertz CT molecular complexity index is 873. The molecule has 0 bridgehead atoms. The number of hydrogen-bond acceptors (Lipinski definition) is 4. The van der Waals surface area contributed by atoms with Crippen LogP contribution in [0, 0.1) is 0 Å². The van der Waals surface area contributed by atoms with Gasteiger partial charge >= 0.3 is 0 Å². The number of aliphatic hydroxyl groups is 1. The van der Waals surface area contributed by atoms with Gasteiger partial charge in [0.05, 0.1) is 24.0 Å². The van der Waals surface area contributed by atoms with Gasteiger partial charge in [-0.1, -0.05) is 18.2 Å². The highest BCUT2D eigenvalue weighted by atomic mass is 16.3. The van der Waals surface area contributed by atoms with Crippen LogP contribution >= 0.6 is 0 Å². The van der Waals surface area contributed by atoms with Crippen molar-refractivity contribution in [1.29, 1.82) is 0 Å². The number of amides is 1. The molecule has 0 aliphatic rings. The van der Waals surface area contributed by atoms with Crippen LogP contribution in [0.3, 0.4) is 0 Å². The molecule has 1 N–H and O–H groups in total. The topological polar surface area (TPSA) is 71.2 Å². The molecule has 6 heteroatoms. The van der Waals surface area contributed by atoms with Crippen molar-refractivity contribution in [2.75, 3.05) is 13.1 Å². The highest BCUT2D eigenvalue weighted by Gasteiger charge is 2.14. The average Bonchev–Trinajstić information content (AvgIpc) is 3.22. The quantitative estimate of drug-likeness (QED) is 0.699. The molecule has 1 amide bonds. The number of benzene rings is 1. The van der Waals surface area contributed by atoms with Gasteiger partial charge in [0, 0.05) is 36.6 Å². The fourth-order valence-electron chi connectivity index (χ4n) is 2.87. The molecule has 0 fully saturated rings. The van der Waals surface area contributed by atoms with E-state index in [1.54, 1.807) is 19.2 Å². The number of hydrogen-bond donors (Lipinski definition) is 1. The molecule has 3 rings (SSSR count). The van der Waals surface area contributed by atoms with E-state index in [-0.39, 0.29) is 5.91 Å². The van der Waals surface area contributed by atoms with Crippen LogP contribution in [0.4, 0.5) is 0 Å². The number of aliphatic hydroxyl groups excluding tert-OH is 1. The van der Waals surface area contributed by atoms with Gasteiger partial charge in [-0.05, 0) is 44.2 Å². The zero-order valence-electron chi connectivity index (χ0n) is 15.6. The van der Waals surface area contributed by atoms with Crippen LogP contribution in [0.25, 0.3) is 11.3 Å². The second-order valence-electron chi connectivity index (χ2n) is 6.35. The number of nitrogens with zero attached hydrogens (tertiary/aromatic N) is 4. The molecule has 2 heterocycles. The third kappa shape index (κ3) is 4.60. The van der Waals surface area contributed by atoms with Gasteiger partial charge in [0.15, 0.2) is 0 Å². The van der Waals surface area contributed by atoms with Gasteiger partial charge < -0.3 is 10.0 Å². The summed E-state index contributed by atoms with van der Waals surface area (Å²) < 4.78 is 1.82. The van der Waals surface area contributed by atoms with Crippen LogP contribution in [0.5, 0.6) is 0 Å². The van der Waals surface area contributed by atoms with E-state index >= 15 is 0 Å². The lowest BCUT2D eigenvalue weighted by molar-refractivity contribution is 0.0757. The number of carbonyl (C=O) groups is 1. The zero-order valence-corrected chi connectivity index (χ0v) is 15.6. The summed E-state index contributed by atoms with van der Waals surface area (Å²) in [5.41, 5.74) is 2.96. The fraction of sp³-hybridized carbons (Fsp3) is 0.286. The summed E-state index contributed by atoms with van der Waals surface area (Å²) in [6.45, 7) is 5.58. The van der Waals surface area contributed by atoms with Crippen LogP contribution in [-0.2, 0) is 6.54 Å². The van der Waals surface area contributed by atoms with E-state index in [4.69, 9.17) is 0 Å². The van der Waals surface area contributed by atoms with Gasteiger partial charge in [-0.15, -0.1) is 0 Å². The van der Waals surface area contributed by atoms with Crippen LogP contribution < -0.4 is 0 Å². The summed E-state index contributed by atoms with van der Waals surface area (Å²) in [5.74, 6) is 0.00176. The number of likely N-dealkylation sites (N-methyl/N-ethyl adjacent to an activating group) is 1. The normalized spacial score (nSPS) is 12.0. The van der Waals surface area contributed by atoms with Crippen molar-refractivity contribution in [2.24, 2.45) is 0 Å². The highest BCUT2D eigenvalue weighted by molar-refractivity contribution is 5.94. The second-order valence-corrected chi connectivity index (χ2v) is 6.35. The number of aromatic nitrogens is 3. The minimum absolute atomic E-state index is 0.00176. The van der Waals surface area contributed by atoms with Crippen molar-refractivity contribution in [1.82, 2.24) is 19.7 Å². The monoisotopic (exact) mass is 364 g/mol. The Morgan fingerprint density at radius 2 is 1.96 bits per heavy atom. The van der Waals surface area contributed by atoms with Crippen LogP contribution in [0.1, 0.15) is 36.0 Å². The molecule has 0 radical (unpaired) electrons. The van der Waals surface area contributed by atoms with E-state index in [1.807, 2.05) is 65.2 Å². The van der Waals surface area contributed by atoms with E-state index in [0.717, 1.165) is 11.3 Å². The van der Waals surface area contributed by atoms with Gasteiger partial charge in [0.25, 0.3) is 5.91 Å². The summed E-state index contributed by atoms with van der Waals surface area (Å²) in [6.07, 6.45) is 3.01. The molecular formula is C21H24N4O2. The molecule has 0 unspecified atom stereocenters. The van der Waals surface area contributed by atoms with Crippen molar-refractivity contribution in [2.45, 2.75) is 26.5 Å². The lowest BCUT2D eigenvalue weighted by Gasteiger charge is -2.21. The van der Waals surface area contributed by atoms with Crippen molar-refractivity contribution in [3.05, 3.63) is 72.2 Å². The van der Waals surface area contributed by atoms with Gasteiger partial charge in [-0.2, -0.15) is 5.10 Å². The molecule has 0 saturated heterocycles. The molecule has 0 aliphatic heterocycles. The minimum atomic E-state index is -0.612. The lowest BCUT2D eigenvalue weighted by atomic mass is 10.1. The molecule has 0 aliphatic carbocycles. The second kappa shape index (κ2) is 8.60. The molecule has 140 valence electrons. The largest absolute Gasteiger partial charge is 0.387 e. The summed E-state index contributed by atoms with van der Waals surface area (Å²) in [7, 11) is 0. The molecule has 1 aromatic carbocycles. The van der Waals surface area contributed by atoms with Crippen molar-refractivity contribution in [3.8, 4) is 11.3 Å². The fourth-order valence-corrected chi connectivity index (χ4v) is 2.87. The van der Waals surface area contributed by atoms with Crippen molar-refractivity contribution < 1.29 is 9.90 Å². The lowest BCUT2D eigenvalue weighted by Crippen LogP contribution is -2.33. The SMILES string of the molecule is CCN(CCn1cccn1)C(=O)c1ccc(-c2cccc([C@H](C)O)n2)cc1. The Balaban J connectivity index is 1.71. The first-order chi connectivity index (χ1) is 13.1. The summed E-state index contributed by atoms with van der Waals surface area (Å²) in [4.78, 5) is 19.1. The predicted molar refractivity (Wildman–Crippen MR) is 104 cm³/mol. The number of pyridine rings is 1. The van der Waals surface area contributed by atoms with E-state index in [2.05, 4.69) is 10.1 Å². The van der Waals surface area contributed by atoms with E-state index in [1.165, 1.54) is 0 Å². The maximum absolute atomic E-state index is 12.8. The Morgan fingerprint density at radius 3 is 2.59 bits per heavy atom. The third-order valence-corrected chi connectivity index (χ3v) is 4.45. The number of carbonyl (C=O) groups excluding carboxylic acids is 1. The Hall–Kier alpha value is -2.99. The Kier molecular flexibility index (Phi) is 5.98. The van der Waals surface area contributed by atoms with Crippen LogP contribution in [0.15, 0.2) is 60.9 Å². The molecule has 3 aromatic rings. The molecule has 0 saturated carbocycles. The first-order valence-electron chi connectivity index (χ1n) is 9.10. The summed E-state index contributed by atoms with van der Waals surface area (Å²) in [6, 6.07) is 14.9. The Labute approximate surface area is 159 Å². The predicted octanol–water partition coefficient (Wildman–Crippen LogP) is 3.16. The first-order valence-corrected chi connectivity index (χ1v) is 9.10. The molecular weight excluding hydrogens is 340 g/mol.